The molecular formula is C30H23FN8O2. The SMILES string of the molecule is CC(NC(=O)c1c(N)nn2cccnc12)c1cc2cccc(C#Cc3cnn(C)c3)c2c(=O)n1-c1cccc(F)c1. The van der Waals surface area contributed by atoms with E-state index in [2.05, 4.69) is 32.3 Å². The first kappa shape index (κ1) is 25.5. The molecule has 0 saturated carbocycles. The van der Waals surface area contributed by atoms with Crippen LogP contribution in [0.15, 0.2) is 84.2 Å². The predicted octanol–water partition coefficient (Wildman–Crippen LogP) is 3.38. The van der Waals surface area contributed by atoms with Gasteiger partial charge in [-0.15, -0.1) is 5.10 Å². The first-order valence-electron chi connectivity index (χ1n) is 12.6. The summed E-state index contributed by atoms with van der Waals surface area (Å²) in [4.78, 5) is 31.8. The number of carbonyl (C=O) groups is 1. The largest absolute Gasteiger partial charge is 0.381 e. The molecule has 3 N–H and O–H groups in total. The molecule has 1 unspecified atom stereocenters. The van der Waals surface area contributed by atoms with Gasteiger partial charge in [0.15, 0.2) is 11.5 Å². The van der Waals surface area contributed by atoms with Crippen LogP contribution >= 0.6 is 0 Å². The van der Waals surface area contributed by atoms with Crippen molar-refractivity contribution in [2.75, 3.05) is 5.73 Å². The van der Waals surface area contributed by atoms with Gasteiger partial charge in [-0.25, -0.2) is 13.9 Å². The molecule has 11 heteroatoms. The molecule has 0 radical (unpaired) electrons. The fourth-order valence-corrected chi connectivity index (χ4v) is 4.78. The van der Waals surface area contributed by atoms with Crippen LogP contribution in [0, 0.1) is 17.7 Å². The topological polar surface area (TPSA) is 125 Å². The highest BCUT2D eigenvalue weighted by atomic mass is 19.1. The second-order valence-corrected chi connectivity index (χ2v) is 9.46. The Balaban J connectivity index is 1.49. The van der Waals surface area contributed by atoms with Crippen molar-refractivity contribution in [1.82, 2.24) is 34.3 Å². The number of aryl methyl sites for hydroxylation is 1. The first-order chi connectivity index (χ1) is 19.8. The molecule has 2 aromatic carbocycles. The number of nitrogens with zero attached hydrogens (tertiary/aromatic N) is 6. The number of nitrogens with two attached hydrogens (primary N) is 1. The van der Waals surface area contributed by atoms with Gasteiger partial charge in [-0.3, -0.25) is 18.8 Å². The molecule has 0 bridgehead atoms. The summed E-state index contributed by atoms with van der Waals surface area (Å²) in [6, 6.07) is 13.8. The van der Waals surface area contributed by atoms with Crippen molar-refractivity contribution in [1.29, 1.82) is 0 Å². The highest BCUT2D eigenvalue weighted by Gasteiger charge is 2.24. The van der Waals surface area contributed by atoms with Gasteiger partial charge >= 0.3 is 0 Å². The number of halogens is 1. The number of fused-ring (bicyclic) bond motifs is 2. The molecule has 4 aromatic heterocycles. The van der Waals surface area contributed by atoms with Crippen LogP contribution in [-0.4, -0.2) is 34.9 Å². The number of aromatic nitrogens is 6. The van der Waals surface area contributed by atoms with Crippen LogP contribution in [0.5, 0.6) is 0 Å². The van der Waals surface area contributed by atoms with Crippen molar-refractivity contribution in [3.8, 4) is 17.5 Å². The molecule has 202 valence electrons. The summed E-state index contributed by atoms with van der Waals surface area (Å²) in [5, 5.41) is 12.2. The van der Waals surface area contributed by atoms with Crippen LogP contribution in [0.4, 0.5) is 10.2 Å². The number of amides is 1. The van der Waals surface area contributed by atoms with E-state index in [0.717, 1.165) is 0 Å². The van der Waals surface area contributed by atoms with E-state index in [-0.39, 0.29) is 11.4 Å². The highest BCUT2D eigenvalue weighted by molar-refractivity contribution is 6.04. The summed E-state index contributed by atoms with van der Waals surface area (Å²) in [6.07, 6.45) is 6.59. The van der Waals surface area contributed by atoms with E-state index < -0.39 is 23.3 Å². The molecule has 4 heterocycles. The molecule has 41 heavy (non-hydrogen) atoms. The molecule has 1 atom stereocenters. The summed E-state index contributed by atoms with van der Waals surface area (Å²) >= 11 is 0. The summed E-state index contributed by atoms with van der Waals surface area (Å²) < 4.78 is 18.8. The molecule has 0 saturated heterocycles. The Morgan fingerprint density at radius 2 is 1.95 bits per heavy atom. The van der Waals surface area contributed by atoms with Gasteiger partial charge in [0.05, 0.1) is 28.9 Å². The van der Waals surface area contributed by atoms with Crippen LogP contribution in [0.1, 0.15) is 40.1 Å². The lowest BCUT2D eigenvalue weighted by Crippen LogP contribution is -2.32. The minimum atomic E-state index is -0.703. The number of hydrogen-bond acceptors (Lipinski definition) is 6. The summed E-state index contributed by atoms with van der Waals surface area (Å²) in [5.41, 5.74) is 8.00. The standard InChI is InChI=1S/C30H23FN8O2/c1-18(35-29(40)26-27(32)36-38-13-5-12-33-28(26)38)24-14-21-7-3-6-20(11-10-19-16-34-37(2)17-19)25(21)30(41)39(24)23-9-4-8-22(31)15-23/h3-9,12-18H,1-2H3,(H2,32,36)(H,35,40). The van der Waals surface area contributed by atoms with E-state index in [1.807, 2.05) is 0 Å². The molecule has 6 rings (SSSR count). The molecule has 0 aliphatic rings. The van der Waals surface area contributed by atoms with Gasteiger partial charge in [0, 0.05) is 36.9 Å². The Morgan fingerprint density at radius 1 is 1.12 bits per heavy atom. The zero-order valence-electron chi connectivity index (χ0n) is 22.0. The van der Waals surface area contributed by atoms with Crippen molar-refractivity contribution >= 4 is 28.1 Å². The molecule has 6 aromatic rings. The maximum Gasteiger partial charge on any atom is 0.264 e. The molecule has 0 fully saturated rings. The number of nitrogens with one attached hydrogen (secondary N) is 1. The number of rotatable bonds is 4. The van der Waals surface area contributed by atoms with E-state index in [9.17, 15) is 14.0 Å². The molecule has 0 spiro atoms. The van der Waals surface area contributed by atoms with Crippen molar-refractivity contribution in [3.63, 3.8) is 0 Å². The van der Waals surface area contributed by atoms with Crippen LogP contribution in [0.2, 0.25) is 0 Å². The average Bonchev–Trinajstić information content (AvgIpc) is 3.52. The number of benzene rings is 2. The lowest BCUT2D eigenvalue weighted by atomic mass is 10.0. The van der Waals surface area contributed by atoms with Crippen molar-refractivity contribution in [3.05, 3.63) is 118 Å². The van der Waals surface area contributed by atoms with Crippen molar-refractivity contribution < 1.29 is 9.18 Å². The van der Waals surface area contributed by atoms with Gasteiger partial charge in [-0.2, -0.15) is 5.10 Å². The maximum atomic E-state index is 14.4. The van der Waals surface area contributed by atoms with Gasteiger partial charge in [0.25, 0.3) is 11.5 Å². The summed E-state index contributed by atoms with van der Waals surface area (Å²) in [6.45, 7) is 1.73. The van der Waals surface area contributed by atoms with Crippen LogP contribution in [0.3, 0.4) is 0 Å². The van der Waals surface area contributed by atoms with E-state index in [4.69, 9.17) is 5.73 Å². The molecular weight excluding hydrogens is 523 g/mol. The van der Waals surface area contributed by atoms with Crippen LogP contribution in [0.25, 0.3) is 22.1 Å². The number of hydrogen-bond donors (Lipinski definition) is 2. The normalized spacial score (nSPS) is 11.8. The third-order valence-corrected chi connectivity index (χ3v) is 6.63. The number of carbonyl (C=O) groups excluding carboxylic acids is 1. The third kappa shape index (κ3) is 4.68. The van der Waals surface area contributed by atoms with E-state index in [1.54, 1.807) is 73.6 Å². The lowest BCUT2D eigenvalue weighted by Gasteiger charge is -2.21. The average molecular weight is 547 g/mol. The minimum Gasteiger partial charge on any atom is -0.381 e. The van der Waals surface area contributed by atoms with Gasteiger partial charge in [0.2, 0.25) is 0 Å². The molecule has 1 amide bonds. The lowest BCUT2D eigenvalue weighted by molar-refractivity contribution is 0.0941. The Kier molecular flexibility index (Phi) is 6.28. The predicted molar refractivity (Wildman–Crippen MR) is 152 cm³/mol. The quantitative estimate of drug-likeness (QED) is 0.327. The number of pyridine rings is 1. The fourth-order valence-electron chi connectivity index (χ4n) is 4.78. The summed E-state index contributed by atoms with van der Waals surface area (Å²) in [5.74, 6) is 5.12. The zero-order valence-corrected chi connectivity index (χ0v) is 22.0. The van der Waals surface area contributed by atoms with E-state index >= 15 is 0 Å². The monoisotopic (exact) mass is 546 g/mol. The molecule has 10 nitrogen and oxygen atoms in total. The molecule has 0 aliphatic heterocycles. The van der Waals surface area contributed by atoms with Gasteiger partial charge in [-0.05, 0) is 48.7 Å². The Bertz CT molecular complexity index is 2100. The summed E-state index contributed by atoms with van der Waals surface area (Å²) in [7, 11) is 1.79. The maximum absolute atomic E-state index is 14.4. The third-order valence-electron chi connectivity index (χ3n) is 6.63. The Hall–Kier alpha value is -5.76. The second kappa shape index (κ2) is 10.1. The van der Waals surface area contributed by atoms with E-state index in [0.29, 0.717) is 38.9 Å². The fraction of sp³-hybridized carbons (Fsp3) is 0.100. The van der Waals surface area contributed by atoms with Crippen LogP contribution in [-0.2, 0) is 7.05 Å². The smallest absolute Gasteiger partial charge is 0.264 e. The van der Waals surface area contributed by atoms with Crippen molar-refractivity contribution in [2.24, 2.45) is 7.05 Å². The van der Waals surface area contributed by atoms with E-state index in [1.165, 1.54) is 33.5 Å². The first-order valence-corrected chi connectivity index (χ1v) is 12.6. The van der Waals surface area contributed by atoms with Gasteiger partial charge in [0.1, 0.15) is 11.4 Å². The Morgan fingerprint density at radius 3 is 2.73 bits per heavy atom. The molecule has 0 aliphatic carbocycles. The van der Waals surface area contributed by atoms with Gasteiger partial charge in [-0.1, -0.05) is 30.0 Å². The Labute approximate surface area is 232 Å². The van der Waals surface area contributed by atoms with Crippen LogP contribution < -0.4 is 16.6 Å². The van der Waals surface area contributed by atoms with Gasteiger partial charge < -0.3 is 11.1 Å². The minimum absolute atomic E-state index is 0.0197. The zero-order chi connectivity index (χ0) is 28.7. The number of anilines is 1. The second-order valence-electron chi connectivity index (χ2n) is 9.46. The highest BCUT2D eigenvalue weighted by Crippen LogP contribution is 2.25. The number of nitrogen functional groups attached to an aromatic ring is 1. The van der Waals surface area contributed by atoms with Crippen molar-refractivity contribution in [2.45, 2.75) is 13.0 Å².